The molecular formula is C9H6BrClN2O2. The molecule has 1 N–H and O–H groups in total. The molecule has 0 saturated carbocycles. The van der Waals surface area contributed by atoms with E-state index in [9.17, 15) is 0 Å². The van der Waals surface area contributed by atoms with E-state index < -0.39 is 0 Å². The zero-order chi connectivity index (χ0) is 10.8. The standard InChI is InChI=1S/C9H6BrClN2O2/c10-6-3-1-2-5(8(6)11)9-12-7(4-14)13-15-9/h1-3,14H,4H2. The van der Waals surface area contributed by atoms with Crippen molar-refractivity contribution < 1.29 is 9.63 Å². The Morgan fingerprint density at radius 3 is 2.93 bits per heavy atom. The summed E-state index contributed by atoms with van der Waals surface area (Å²) >= 11 is 9.34. The molecule has 0 radical (unpaired) electrons. The average molecular weight is 290 g/mol. The molecule has 2 rings (SSSR count). The molecule has 0 spiro atoms. The number of halogens is 2. The number of benzene rings is 1. The molecule has 0 fully saturated rings. The highest BCUT2D eigenvalue weighted by molar-refractivity contribution is 9.10. The van der Waals surface area contributed by atoms with Crippen LogP contribution in [0, 0.1) is 0 Å². The van der Waals surface area contributed by atoms with Gasteiger partial charge in [-0.15, -0.1) is 0 Å². The molecule has 0 atom stereocenters. The fourth-order valence-electron chi connectivity index (χ4n) is 1.10. The predicted octanol–water partition coefficient (Wildman–Crippen LogP) is 2.64. The Balaban J connectivity index is 2.49. The molecule has 0 amide bonds. The fraction of sp³-hybridized carbons (Fsp3) is 0.111. The van der Waals surface area contributed by atoms with Crippen LogP contribution in [0.3, 0.4) is 0 Å². The van der Waals surface area contributed by atoms with Gasteiger partial charge in [-0.3, -0.25) is 0 Å². The first-order valence-corrected chi connectivity index (χ1v) is 5.27. The molecule has 1 aromatic heterocycles. The molecule has 0 aliphatic carbocycles. The maximum atomic E-state index is 8.79. The number of aliphatic hydroxyl groups excluding tert-OH is 1. The van der Waals surface area contributed by atoms with Crippen LogP contribution in [-0.2, 0) is 6.61 Å². The summed E-state index contributed by atoms with van der Waals surface area (Å²) in [6.45, 7) is -0.255. The van der Waals surface area contributed by atoms with Crippen molar-refractivity contribution in [2.45, 2.75) is 6.61 Å². The summed E-state index contributed by atoms with van der Waals surface area (Å²) in [6.07, 6.45) is 0. The molecule has 1 aromatic carbocycles. The van der Waals surface area contributed by atoms with E-state index in [0.717, 1.165) is 4.47 Å². The van der Waals surface area contributed by atoms with Crippen molar-refractivity contribution in [3.05, 3.63) is 33.5 Å². The highest BCUT2D eigenvalue weighted by atomic mass is 79.9. The van der Waals surface area contributed by atoms with Crippen molar-refractivity contribution in [3.63, 3.8) is 0 Å². The molecular weight excluding hydrogens is 283 g/mol. The van der Waals surface area contributed by atoms with E-state index in [1.807, 2.05) is 12.1 Å². The normalized spacial score (nSPS) is 10.6. The lowest BCUT2D eigenvalue weighted by Crippen LogP contribution is -1.85. The highest BCUT2D eigenvalue weighted by Gasteiger charge is 2.13. The lowest BCUT2D eigenvalue weighted by atomic mass is 10.2. The number of aromatic nitrogens is 2. The third-order valence-electron chi connectivity index (χ3n) is 1.79. The van der Waals surface area contributed by atoms with E-state index >= 15 is 0 Å². The summed E-state index contributed by atoms with van der Waals surface area (Å²) in [5.74, 6) is 0.534. The van der Waals surface area contributed by atoms with Gasteiger partial charge in [0.05, 0.1) is 10.6 Å². The van der Waals surface area contributed by atoms with Crippen LogP contribution >= 0.6 is 27.5 Å². The van der Waals surface area contributed by atoms with Crippen LogP contribution in [0.25, 0.3) is 11.5 Å². The number of hydrogen-bond acceptors (Lipinski definition) is 4. The number of rotatable bonds is 2. The van der Waals surface area contributed by atoms with Crippen molar-refractivity contribution in [1.82, 2.24) is 10.1 Å². The summed E-state index contributed by atoms with van der Waals surface area (Å²) in [7, 11) is 0. The van der Waals surface area contributed by atoms with Crippen LogP contribution in [0.5, 0.6) is 0 Å². The van der Waals surface area contributed by atoms with Gasteiger partial charge in [-0.25, -0.2) is 0 Å². The van der Waals surface area contributed by atoms with Crippen molar-refractivity contribution >= 4 is 27.5 Å². The Labute approximate surface area is 99.0 Å². The zero-order valence-corrected chi connectivity index (χ0v) is 9.79. The summed E-state index contributed by atoms with van der Waals surface area (Å²) in [5, 5.41) is 12.9. The third-order valence-corrected chi connectivity index (χ3v) is 3.09. The van der Waals surface area contributed by atoms with Gasteiger partial charge in [0.15, 0.2) is 5.82 Å². The van der Waals surface area contributed by atoms with Gasteiger partial charge in [-0.2, -0.15) is 4.98 Å². The van der Waals surface area contributed by atoms with Gasteiger partial charge < -0.3 is 9.63 Å². The molecule has 0 bridgehead atoms. The highest BCUT2D eigenvalue weighted by Crippen LogP contribution is 2.32. The lowest BCUT2D eigenvalue weighted by molar-refractivity contribution is 0.264. The summed E-state index contributed by atoms with van der Waals surface area (Å²) in [5.41, 5.74) is 0.637. The second kappa shape index (κ2) is 4.30. The monoisotopic (exact) mass is 288 g/mol. The third kappa shape index (κ3) is 2.04. The maximum Gasteiger partial charge on any atom is 0.259 e. The molecule has 1 heterocycles. The fourth-order valence-corrected chi connectivity index (χ4v) is 1.67. The number of hydrogen-bond donors (Lipinski definition) is 1. The van der Waals surface area contributed by atoms with Crippen LogP contribution in [0.15, 0.2) is 27.2 Å². The lowest BCUT2D eigenvalue weighted by Gasteiger charge is -1.99. The summed E-state index contributed by atoms with van der Waals surface area (Å²) < 4.78 is 5.71. The van der Waals surface area contributed by atoms with Crippen molar-refractivity contribution in [3.8, 4) is 11.5 Å². The smallest absolute Gasteiger partial charge is 0.259 e. The molecule has 0 aliphatic rings. The minimum Gasteiger partial charge on any atom is -0.388 e. The Morgan fingerprint density at radius 2 is 2.27 bits per heavy atom. The number of aliphatic hydroxyl groups is 1. The maximum absolute atomic E-state index is 8.79. The zero-order valence-electron chi connectivity index (χ0n) is 7.44. The van der Waals surface area contributed by atoms with Crippen molar-refractivity contribution in [2.75, 3.05) is 0 Å². The van der Waals surface area contributed by atoms with E-state index in [-0.39, 0.29) is 12.4 Å². The summed E-state index contributed by atoms with van der Waals surface area (Å²) in [4.78, 5) is 3.97. The van der Waals surface area contributed by atoms with Crippen LogP contribution < -0.4 is 0 Å². The van der Waals surface area contributed by atoms with Crippen LogP contribution in [-0.4, -0.2) is 15.2 Å². The molecule has 6 heteroatoms. The van der Waals surface area contributed by atoms with Gasteiger partial charge in [0.25, 0.3) is 5.89 Å². The van der Waals surface area contributed by atoms with Gasteiger partial charge in [0.1, 0.15) is 6.61 Å². The number of nitrogens with zero attached hydrogens (tertiary/aromatic N) is 2. The largest absolute Gasteiger partial charge is 0.388 e. The first kappa shape index (κ1) is 10.6. The molecule has 2 aromatic rings. The second-order valence-electron chi connectivity index (χ2n) is 2.78. The SMILES string of the molecule is OCc1noc(-c2cccc(Br)c2Cl)n1. The molecule has 15 heavy (non-hydrogen) atoms. The quantitative estimate of drug-likeness (QED) is 0.923. The van der Waals surface area contributed by atoms with Crippen molar-refractivity contribution in [1.29, 1.82) is 0 Å². The van der Waals surface area contributed by atoms with Gasteiger partial charge in [0.2, 0.25) is 0 Å². The summed E-state index contributed by atoms with van der Waals surface area (Å²) in [6, 6.07) is 5.39. The van der Waals surface area contributed by atoms with E-state index in [2.05, 4.69) is 26.1 Å². The van der Waals surface area contributed by atoms with Gasteiger partial charge in [0, 0.05) is 4.47 Å². The minimum absolute atomic E-state index is 0.237. The molecule has 0 aliphatic heterocycles. The Kier molecular flexibility index (Phi) is 3.04. The average Bonchev–Trinajstić information content (AvgIpc) is 2.70. The van der Waals surface area contributed by atoms with Crippen LogP contribution in [0.4, 0.5) is 0 Å². The Morgan fingerprint density at radius 1 is 1.47 bits per heavy atom. The molecule has 0 saturated heterocycles. The molecule has 0 unspecified atom stereocenters. The van der Waals surface area contributed by atoms with Crippen LogP contribution in [0.1, 0.15) is 5.82 Å². The van der Waals surface area contributed by atoms with Gasteiger partial charge >= 0.3 is 0 Å². The predicted molar refractivity (Wildman–Crippen MR) is 58.4 cm³/mol. The molecule has 78 valence electrons. The van der Waals surface area contributed by atoms with E-state index in [1.165, 1.54) is 0 Å². The first-order valence-electron chi connectivity index (χ1n) is 4.10. The second-order valence-corrected chi connectivity index (χ2v) is 4.01. The van der Waals surface area contributed by atoms with Crippen molar-refractivity contribution in [2.24, 2.45) is 0 Å². The topological polar surface area (TPSA) is 59.2 Å². The van der Waals surface area contributed by atoms with Gasteiger partial charge in [-0.05, 0) is 28.1 Å². The van der Waals surface area contributed by atoms with Crippen LogP contribution in [0.2, 0.25) is 5.02 Å². The molecule has 4 nitrogen and oxygen atoms in total. The Hall–Kier alpha value is -0.910. The van der Waals surface area contributed by atoms with Gasteiger partial charge in [-0.1, -0.05) is 22.8 Å². The van der Waals surface area contributed by atoms with E-state index in [4.69, 9.17) is 21.2 Å². The minimum atomic E-state index is -0.255. The van der Waals surface area contributed by atoms with E-state index in [0.29, 0.717) is 16.5 Å². The Bertz CT molecular complexity index is 487. The van der Waals surface area contributed by atoms with E-state index in [1.54, 1.807) is 6.07 Å². The first-order chi connectivity index (χ1) is 7.22.